The van der Waals surface area contributed by atoms with Crippen molar-refractivity contribution in [3.8, 4) is 0 Å². The summed E-state index contributed by atoms with van der Waals surface area (Å²) in [5.74, 6) is 0. The van der Waals surface area contributed by atoms with E-state index in [0.29, 0.717) is 0 Å². The summed E-state index contributed by atoms with van der Waals surface area (Å²) >= 11 is 9.11. The second kappa shape index (κ2) is 5.43. The first-order valence-electron chi connectivity index (χ1n) is 3.97. The average molecular weight is 261 g/mol. The summed E-state index contributed by atoms with van der Waals surface area (Å²) in [7, 11) is 0. The fourth-order valence-corrected chi connectivity index (χ4v) is 1.40. The number of benzene rings is 1. The molecule has 0 aliphatic carbocycles. The topological polar surface area (TPSA) is 12.0 Å². The van der Waals surface area contributed by atoms with E-state index in [9.17, 15) is 0 Å². The van der Waals surface area contributed by atoms with Gasteiger partial charge in [0, 0.05) is 22.6 Å². The molecule has 0 radical (unpaired) electrons. The zero-order valence-corrected chi connectivity index (χ0v) is 9.53. The number of nitrogens with one attached hydrogen (secondary N) is 1. The Morgan fingerprint density at radius 1 is 1.54 bits per heavy atom. The molecule has 0 aliphatic heterocycles. The molecule has 1 nitrogen and oxygen atoms in total. The van der Waals surface area contributed by atoms with E-state index in [0.717, 1.165) is 22.6 Å². The van der Waals surface area contributed by atoms with Crippen molar-refractivity contribution >= 4 is 27.5 Å². The van der Waals surface area contributed by atoms with Crippen LogP contribution >= 0.6 is 27.5 Å². The molecule has 0 bridgehead atoms. The lowest BCUT2D eigenvalue weighted by Crippen LogP contribution is -2.14. The van der Waals surface area contributed by atoms with Crippen LogP contribution in [0.5, 0.6) is 0 Å². The normalized spacial score (nSPS) is 10.0. The highest BCUT2D eigenvalue weighted by molar-refractivity contribution is 9.11. The van der Waals surface area contributed by atoms with Crippen molar-refractivity contribution in [2.75, 3.05) is 6.54 Å². The van der Waals surface area contributed by atoms with E-state index in [1.165, 1.54) is 5.56 Å². The van der Waals surface area contributed by atoms with Gasteiger partial charge in [-0.25, -0.2) is 0 Å². The Hall–Kier alpha value is -0.310. The van der Waals surface area contributed by atoms with Gasteiger partial charge < -0.3 is 5.32 Å². The fraction of sp³-hybridized carbons (Fsp3) is 0.200. The maximum atomic E-state index is 5.83. The van der Waals surface area contributed by atoms with Crippen LogP contribution < -0.4 is 5.32 Å². The van der Waals surface area contributed by atoms with Crippen LogP contribution in [0.1, 0.15) is 5.56 Å². The number of rotatable bonds is 4. The molecule has 0 heterocycles. The van der Waals surface area contributed by atoms with Crippen molar-refractivity contribution in [3.63, 3.8) is 0 Å². The van der Waals surface area contributed by atoms with Crippen LogP contribution in [0.25, 0.3) is 0 Å². The molecule has 0 aromatic heterocycles. The van der Waals surface area contributed by atoms with Gasteiger partial charge in [-0.05, 0) is 17.7 Å². The van der Waals surface area contributed by atoms with Crippen molar-refractivity contribution in [2.45, 2.75) is 6.54 Å². The fourth-order valence-electron chi connectivity index (χ4n) is 0.989. The van der Waals surface area contributed by atoms with Crippen molar-refractivity contribution in [3.05, 3.63) is 45.9 Å². The molecule has 1 aromatic rings. The zero-order valence-electron chi connectivity index (χ0n) is 7.19. The van der Waals surface area contributed by atoms with E-state index in [4.69, 9.17) is 11.6 Å². The maximum Gasteiger partial charge on any atom is 0.0409 e. The Kier molecular flexibility index (Phi) is 4.50. The molecule has 0 atom stereocenters. The van der Waals surface area contributed by atoms with Crippen molar-refractivity contribution in [1.29, 1.82) is 0 Å². The Balaban J connectivity index is 2.41. The van der Waals surface area contributed by atoms with E-state index in [-0.39, 0.29) is 0 Å². The first-order valence-corrected chi connectivity index (χ1v) is 5.14. The molecule has 0 saturated heterocycles. The summed E-state index contributed by atoms with van der Waals surface area (Å²) in [6, 6.07) is 7.80. The van der Waals surface area contributed by atoms with E-state index >= 15 is 0 Å². The molecule has 70 valence electrons. The van der Waals surface area contributed by atoms with Gasteiger partial charge >= 0.3 is 0 Å². The first-order chi connectivity index (χ1) is 6.18. The smallest absolute Gasteiger partial charge is 0.0409 e. The molecule has 0 saturated carbocycles. The maximum absolute atomic E-state index is 5.83. The summed E-state index contributed by atoms with van der Waals surface area (Å²) in [5.41, 5.74) is 1.18. The first kappa shape index (κ1) is 10.8. The van der Waals surface area contributed by atoms with Gasteiger partial charge in [0.25, 0.3) is 0 Å². The van der Waals surface area contributed by atoms with E-state index < -0.39 is 0 Å². The molecule has 0 amide bonds. The van der Waals surface area contributed by atoms with Gasteiger partial charge in [0.2, 0.25) is 0 Å². The van der Waals surface area contributed by atoms with Gasteiger partial charge in [0.05, 0.1) is 0 Å². The number of hydrogen-bond acceptors (Lipinski definition) is 1. The highest BCUT2D eigenvalue weighted by Gasteiger charge is 1.93. The summed E-state index contributed by atoms with van der Waals surface area (Å²) in [4.78, 5) is 0. The third-order valence-corrected chi connectivity index (χ3v) is 2.05. The van der Waals surface area contributed by atoms with Gasteiger partial charge in [0.15, 0.2) is 0 Å². The monoisotopic (exact) mass is 259 g/mol. The highest BCUT2D eigenvalue weighted by atomic mass is 79.9. The second-order valence-electron chi connectivity index (χ2n) is 2.75. The standard InChI is InChI=1S/C10H11BrClN/c1-8(11)6-13-7-9-3-2-4-10(12)5-9/h2-5,13H,1,6-7H2. The van der Waals surface area contributed by atoms with E-state index in [1.54, 1.807) is 0 Å². The minimum absolute atomic E-state index is 0.770. The molecule has 1 rings (SSSR count). The number of hydrogen-bond donors (Lipinski definition) is 1. The quantitative estimate of drug-likeness (QED) is 0.875. The molecule has 3 heteroatoms. The van der Waals surface area contributed by atoms with Gasteiger partial charge in [0.1, 0.15) is 0 Å². The van der Waals surface area contributed by atoms with Crippen LogP contribution in [0.3, 0.4) is 0 Å². The third kappa shape index (κ3) is 4.46. The lowest BCUT2D eigenvalue weighted by molar-refractivity contribution is 0.757. The third-order valence-electron chi connectivity index (χ3n) is 1.53. The predicted molar refractivity (Wildman–Crippen MR) is 61.2 cm³/mol. The Labute approximate surface area is 91.9 Å². The highest BCUT2D eigenvalue weighted by Crippen LogP contribution is 2.10. The van der Waals surface area contributed by atoms with Crippen molar-refractivity contribution in [2.24, 2.45) is 0 Å². The van der Waals surface area contributed by atoms with Crippen molar-refractivity contribution in [1.82, 2.24) is 5.32 Å². The molecule has 0 unspecified atom stereocenters. The lowest BCUT2D eigenvalue weighted by Gasteiger charge is -2.03. The Bertz CT molecular complexity index is 299. The molecule has 0 spiro atoms. The average Bonchev–Trinajstić information content (AvgIpc) is 2.03. The molecule has 0 fully saturated rings. The molecule has 13 heavy (non-hydrogen) atoms. The largest absolute Gasteiger partial charge is 0.308 e. The van der Waals surface area contributed by atoms with Gasteiger partial charge in [-0.3, -0.25) is 0 Å². The van der Waals surface area contributed by atoms with Crippen LogP contribution in [0, 0.1) is 0 Å². The lowest BCUT2D eigenvalue weighted by atomic mass is 10.2. The Morgan fingerprint density at radius 3 is 2.92 bits per heavy atom. The summed E-state index contributed by atoms with van der Waals surface area (Å²) in [6.45, 7) is 5.31. The summed E-state index contributed by atoms with van der Waals surface area (Å²) in [5, 5.41) is 4.00. The molecular weight excluding hydrogens is 249 g/mol. The van der Waals surface area contributed by atoms with Gasteiger partial charge in [-0.15, -0.1) is 0 Å². The number of halogens is 2. The second-order valence-corrected chi connectivity index (χ2v) is 4.31. The molecule has 0 aliphatic rings. The van der Waals surface area contributed by atoms with Crippen LogP contribution in [-0.4, -0.2) is 6.54 Å². The summed E-state index contributed by atoms with van der Waals surface area (Å²) < 4.78 is 0.953. The molecular formula is C10H11BrClN. The zero-order chi connectivity index (χ0) is 9.68. The van der Waals surface area contributed by atoms with Crippen LogP contribution in [0.2, 0.25) is 5.02 Å². The van der Waals surface area contributed by atoms with Gasteiger partial charge in [-0.2, -0.15) is 0 Å². The SMILES string of the molecule is C=C(Br)CNCc1cccc(Cl)c1. The molecule has 1 aromatic carbocycles. The predicted octanol–water partition coefficient (Wildman–Crippen LogP) is 3.34. The minimum Gasteiger partial charge on any atom is -0.308 e. The van der Waals surface area contributed by atoms with E-state index in [2.05, 4.69) is 27.8 Å². The minimum atomic E-state index is 0.770. The molecule has 1 N–H and O–H groups in total. The van der Waals surface area contributed by atoms with Crippen molar-refractivity contribution < 1.29 is 0 Å². The van der Waals surface area contributed by atoms with Gasteiger partial charge in [-0.1, -0.05) is 46.2 Å². The van der Waals surface area contributed by atoms with E-state index in [1.807, 2.05) is 24.3 Å². The summed E-state index contributed by atoms with van der Waals surface area (Å²) in [6.07, 6.45) is 0. The van der Waals surface area contributed by atoms with Crippen LogP contribution in [-0.2, 0) is 6.54 Å². The van der Waals surface area contributed by atoms with Crippen LogP contribution in [0.4, 0.5) is 0 Å². The Morgan fingerprint density at radius 2 is 2.31 bits per heavy atom. The van der Waals surface area contributed by atoms with Crippen LogP contribution in [0.15, 0.2) is 35.3 Å².